The molecule has 0 spiro atoms. The van der Waals surface area contributed by atoms with Crippen LogP contribution in [0.1, 0.15) is 65.9 Å². The van der Waals surface area contributed by atoms with Crippen molar-refractivity contribution in [2.45, 2.75) is 103 Å². The van der Waals surface area contributed by atoms with Crippen LogP contribution < -0.4 is 20.7 Å². The topological polar surface area (TPSA) is 213 Å². The Bertz CT molecular complexity index is 1740. The van der Waals surface area contributed by atoms with Crippen molar-refractivity contribution < 1.29 is 59.8 Å². The van der Waals surface area contributed by atoms with Crippen molar-refractivity contribution in [3.8, 4) is 0 Å². The largest absolute Gasteiger partial charge is 0.471 e. The second-order valence-electron chi connectivity index (χ2n) is 15.7. The van der Waals surface area contributed by atoms with Crippen LogP contribution in [0.2, 0.25) is 0 Å². The molecule has 1 aliphatic heterocycles. The van der Waals surface area contributed by atoms with Crippen LogP contribution in [-0.4, -0.2) is 150 Å². The second-order valence-corrected chi connectivity index (χ2v) is 17.4. The first-order chi connectivity index (χ1) is 27.9. The van der Waals surface area contributed by atoms with Gasteiger partial charge in [0.25, 0.3) is 5.91 Å². The number of carbonyl (C=O) groups excluding carboxylic acids is 6. The molecule has 1 heterocycles. The van der Waals surface area contributed by atoms with Gasteiger partial charge in [-0.05, 0) is 56.5 Å². The van der Waals surface area contributed by atoms with Gasteiger partial charge in [0.2, 0.25) is 33.7 Å². The zero-order valence-corrected chi connectivity index (χ0v) is 36.9. The number of hydrogen-bond acceptors (Lipinski definition) is 11. The second kappa shape index (κ2) is 23.0. The SMILES string of the molecule is CCC(C)C(C(CC(=O)N1CCCC1C(OC)C(C)C(=O)NCC(=O)NS(=O)(=O)Cc1ccc(NC(=O)C(F)(F)F)cc1)OC)N(C)C(=O)CNC(=O)C(C(C)C)N(C)C. The molecular formula is C39H62F3N7O10S. The summed E-state index contributed by atoms with van der Waals surface area (Å²) in [5.74, 6) is -6.50. The maximum atomic E-state index is 14.0. The van der Waals surface area contributed by atoms with Crippen LogP contribution in [0.15, 0.2) is 24.3 Å². The van der Waals surface area contributed by atoms with Crippen molar-refractivity contribution in [2.24, 2.45) is 17.8 Å². The van der Waals surface area contributed by atoms with E-state index in [1.54, 1.807) is 43.2 Å². The Balaban J connectivity index is 2.06. The summed E-state index contributed by atoms with van der Waals surface area (Å²) in [6.07, 6.45) is -4.95. The smallest absolute Gasteiger partial charge is 0.379 e. The van der Waals surface area contributed by atoms with Gasteiger partial charge in [-0.2, -0.15) is 13.2 Å². The minimum atomic E-state index is -5.11. The lowest BCUT2D eigenvalue weighted by atomic mass is 9.90. The Hall–Kier alpha value is -4.34. The highest BCUT2D eigenvalue weighted by atomic mass is 32.2. The van der Waals surface area contributed by atoms with Crippen molar-refractivity contribution >= 4 is 51.2 Å². The molecule has 17 nitrogen and oxygen atoms in total. The summed E-state index contributed by atoms with van der Waals surface area (Å²) in [5, 5.41) is 6.79. The third kappa shape index (κ3) is 15.0. The number of nitrogens with zero attached hydrogens (tertiary/aromatic N) is 3. The van der Waals surface area contributed by atoms with Crippen LogP contribution in [0.5, 0.6) is 0 Å². The summed E-state index contributed by atoms with van der Waals surface area (Å²) in [6, 6.07) is 2.99. The molecule has 21 heteroatoms. The number of ether oxygens (including phenoxy) is 2. The number of carbonyl (C=O) groups is 6. The molecule has 0 radical (unpaired) electrons. The third-order valence-corrected chi connectivity index (χ3v) is 11.9. The van der Waals surface area contributed by atoms with Crippen molar-refractivity contribution in [1.29, 1.82) is 0 Å². The number of amides is 6. The van der Waals surface area contributed by atoms with Gasteiger partial charge in [-0.1, -0.05) is 53.2 Å². The van der Waals surface area contributed by atoms with E-state index in [9.17, 15) is 50.4 Å². The quantitative estimate of drug-likeness (QED) is 0.132. The molecule has 1 aliphatic rings. The van der Waals surface area contributed by atoms with Crippen molar-refractivity contribution in [2.75, 3.05) is 60.3 Å². The van der Waals surface area contributed by atoms with E-state index >= 15 is 0 Å². The number of methoxy groups -OCH3 is 2. The lowest BCUT2D eigenvalue weighted by Crippen LogP contribution is -2.55. The van der Waals surface area contributed by atoms with E-state index in [-0.39, 0.29) is 53.8 Å². The maximum absolute atomic E-state index is 14.0. The van der Waals surface area contributed by atoms with Crippen LogP contribution in [0.3, 0.4) is 0 Å². The number of likely N-dealkylation sites (N-methyl/N-ethyl adjacent to an activating group) is 2. The number of benzene rings is 1. The molecule has 1 aromatic rings. The molecule has 1 fully saturated rings. The molecule has 6 amide bonds. The fourth-order valence-corrected chi connectivity index (χ4v) is 8.65. The molecule has 7 atom stereocenters. The first-order valence-electron chi connectivity index (χ1n) is 19.7. The summed E-state index contributed by atoms with van der Waals surface area (Å²) < 4.78 is 76.2. The fourth-order valence-electron chi connectivity index (χ4n) is 7.53. The number of anilines is 1. The highest BCUT2D eigenvalue weighted by Gasteiger charge is 2.42. The predicted octanol–water partition coefficient (Wildman–Crippen LogP) is 1.87. The normalized spacial score (nSPS) is 17.6. The van der Waals surface area contributed by atoms with E-state index in [2.05, 4.69) is 10.6 Å². The molecule has 60 heavy (non-hydrogen) atoms. The number of hydrogen-bond donors (Lipinski definition) is 4. The molecule has 1 saturated heterocycles. The van der Waals surface area contributed by atoms with Gasteiger partial charge >= 0.3 is 12.1 Å². The van der Waals surface area contributed by atoms with Crippen molar-refractivity contribution in [3.05, 3.63) is 29.8 Å². The van der Waals surface area contributed by atoms with Gasteiger partial charge in [-0.15, -0.1) is 0 Å². The zero-order chi connectivity index (χ0) is 45.7. The van der Waals surface area contributed by atoms with Gasteiger partial charge < -0.3 is 35.2 Å². The van der Waals surface area contributed by atoms with Gasteiger partial charge in [0, 0.05) is 33.5 Å². The van der Waals surface area contributed by atoms with Gasteiger partial charge in [-0.25, -0.2) is 8.42 Å². The molecule has 0 bridgehead atoms. The van der Waals surface area contributed by atoms with Gasteiger partial charge in [-0.3, -0.25) is 38.4 Å². The van der Waals surface area contributed by atoms with Crippen LogP contribution >= 0.6 is 0 Å². The number of sulfonamides is 1. The first-order valence-corrected chi connectivity index (χ1v) is 21.4. The molecule has 2 rings (SSSR count). The standard InChI is InChI=1S/C39H62F3N7O10S/c1-11-24(4)34(48(8)32(52)21-44-37(54)33(23(2)3)47(6)7)29(58-9)19-31(51)49-18-12-13-28(49)35(59-10)25(5)36(53)43-20-30(50)46-60(56,57)22-26-14-16-27(17-15-26)45-38(55)39(40,41)42/h14-17,23-25,28-29,33-35H,11-13,18-22H2,1-10H3,(H,43,53)(H,44,54)(H,45,55)(H,46,50). The van der Waals surface area contributed by atoms with E-state index in [1.807, 2.05) is 32.4 Å². The van der Waals surface area contributed by atoms with Crippen LogP contribution in [-0.2, 0) is 54.0 Å². The van der Waals surface area contributed by atoms with E-state index < -0.39 is 82.5 Å². The van der Waals surface area contributed by atoms with Crippen LogP contribution in [0, 0.1) is 17.8 Å². The Kier molecular flexibility index (Phi) is 19.9. The van der Waals surface area contributed by atoms with E-state index in [0.717, 1.165) is 12.1 Å². The van der Waals surface area contributed by atoms with E-state index in [4.69, 9.17) is 9.47 Å². The summed E-state index contributed by atoms with van der Waals surface area (Å²) in [4.78, 5) is 82.3. The lowest BCUT2D eigenvalue weighted by Gasteiger charge is -2.39. The molecule has 1 aromatic carbocycles. The summed E-state index contributed by atoms with van der Waals surface area (Å²) in [7, 11) is 3.77. The number of halogens is 3. The fraction of sp³-hybridized carbons (Fsp3) is 0.692. The lowest BCUT2D eigenvalue weighted by molar-refractivity contribution is -0.167. The number of nitrogens with one attached hydrogen (secondary N) is 4. The maximum Gasteiger partial charge on any atom is 0.471 e. The van der Waals surface area contributed by atoms with Crippen LogP contribution in [0.4, 0.5) is 18.9 Å². The molecular weight excluding hydrogens is 816 g/mol. The third-order valence-electron chi connectivity index (χ3n) is 10.7. The Morgan fingerprint density at radius 2 is 1.52 bits per heavy atom. The molecule has 0 aliphatic carbocycles. The minimum Gasteiger partial charge on any atom is -0.379 e. The molecule has 4 N–H and O–H groups in total. The monoisotopic (exact) mass is 877 g/mol. The van der Waals surface area contributed by atoms with Crippen LogP contribution in [0.25, 0.3) is 0 Å². The highest BCUT2D eigenvalue weighted by molar-refractivity contribution is 7.89. The molecule has 0 aromatic heterocycles. The molecule has 340 valence electrons. The first kappa shape index (κ1) is 51.8. The van der Waals surface area contributed by atoms with Gasteiger partial charge in [0.1, 0.15) is 0 Å². The summed E-state index contributed by atoms with van der Waals surface area (Å²) >= 11 is 0. The Labute approximate surface area is 350 Å². The summed E-state index contributed by atoms with van der Waals surface area (Å²) in [5.41, 5.74) is -0.116. The predicted molar refractivity (Wildman–Crippen MR) is 216 cm³/mol. The average molecular weight is 878 g/mol. The number of likely N-dealkylation sites (tertiary alicyclic amines) is 1. The Morgan fingerprint density at radius 3 is 2.03 bits per heavy atom. The molecule has 7 unspecified atom stereocenters. The Morgan fingerprint density at radius 1 is 0.917 bits per heavy atom. The van der Waals surface area contributed by atoms with Gasteiger partial charge in [0.05, 0.1) is 61.5 Å². The average Bonchev–Trinajstić information content (AvgIpc) is 3.65. The van der Waals surface area contributed by atoms with Gasteiger partial charge in [0.15, 0.2) is 0 Å². The van der Waals surface area contributed by atoms with Crippen molar-refractivity contribution in [1.82, 2.24) is 30.1 Å². The minimum absolute atomic E-state index is 0.0132. The highest BCUT2D eigenvalue weighted by Crippen LogP contribution is 2.29. The van der Waals surface area contributed by atoms with Crippen molar-refractivity contribution in [3.63, 3.8) is 0 Å². The zero-order valence-electron chi connectivity index (χ0n) is 36.1. The summed E-state index contributed by atoms with van der Waals surface area (Å²) in [6.45, 7) is 8.73. The number of alkyl halides is 3. The molecule has 0 saturated carbocycles. The number of rotatable bonds is 22. The van der Waals surface area contributed by atoms with E-state index in [1.165, 1.54) is 31.3 Å². The van der Waals surface area contributed by atoms with E-state index in [0.29, 0.717) is 25.8 Å².